The van der Waals surface area contributed by atoms with Gasteiger partial charge in [-0.05, 0) is 32.4 Å². The van der Waals surface area contributed by atoms with Crippen LogP contribution in [0.15, 0.2) is 0 Å². The van der Waals surface area contributed by atoms with Crippen molar-refractivity contribution in [3.05, 3.63) is 0 Å². The number of unbranched alkanes of at least 4 members (excludes halogenated alkanes) is 1. The molecular formula is C9H20BrNO. The van der Waals surface area contributed by atoms with Gasteiger partial charge in [-0.3, -0.25) is 0 Å². The van der Waals surface area contributed by atoms with Crippen LogP contribution in [0, 0.1) is 0 Å². The third-order valence-electron chi connectivity index (χ3n) is 1.81. The molecule has 0 saturated heterocycles. The zero-order valence-electron chi connectivity index (χ0n) is 7.93. The maximum absolute atomic E-state index is 8.77. The quantitative estimate of drug-likeness (QED) is 0.515. The largest absolute Gasteiger partial charge is 0.395 e. The van der Waals surface area contributed by atoms with Gasteiger partial charge in [-0.2, -0.15) is 0 Å². The van der Waals surface area contributed by atoms with Crippen molar-refractivity contribution >= 4 is 15.9 Å². The highest BCUT2D eigenvalue weighted by Crippen LogP contribution is 1.98. The summed E-state index contributed by atoms with van der Waals surface area (Å²) in [4.78, 5) is 2.32. The molecule has 3 heteroatoms. The van der Waals surface area contributed by atoms with Crippen molar-refractivity contribution < 1.29 is 5.11 Å². The highest BCUT2D eigenvalue weighted by Gasteiger charge is 2.01. The predicted octanol–water partition coefficient (Wildman–Crippen LogP) is 1.87. The summed E-state index contributed by atoms with van der Waals surface area (Å²) >= 11 is 3.41. The van der Waals surface area contributed by atoms with Crippen LogP contribution in [-0.2, 0) is 0 Å². The molecule has 0 aliphatic carbocycles. The predicted molar refractivity (Wildman–Crippen MR) is 56.8 cm³/mol. The molecule has 2 nitrogen and oxygen atoms in total. The Bertz CT molecular complexity index is 84.6. The van der Waals surface area contributed by atoms with Crippen LogP contribution < -0.4 is 0 Å². The van der Waals surface area contributed by atoms with Crippen molar-refractivity contribution in [2.24, 2.45) is 0 Å². The molecular weight excluding hydrogens is 218 g/mol. The third kappa shape index (κ3) is 7.07. The van der Waals surface area contributed by atoms with E-state index >= 15 is 0 Å². The van der Waals surface area contributed by atoms with Crippen LogP contribution in [0.5, 0.6) is 0 Å². The first-order valence-corrected chi connectivity index (χ1v) is 5.86. The third-order valence-corrected chi connectivity index (χ3v) is 2.37. The summed E-state index contributed by atoms with van der Waals surface area (Å²) in [6.45, 7) is 5.53. The molecule has 0 aliphatic rings. The second-order valence-electron chi connectivity index (χ2n) is 2.96. The van der Waals surface area contributed by atoms with Gasteiger partial charge in [0.2, 0.25) is 0 Å². The molecule has 74 valence electrons. The zero-order valence-corrected chi connectivity index (χ0v) is 9.52. The fourth-order valence-electron chi connectivity index (χ4n) is 1.22. The van der Waals surface area contributed by atoms with E-state index < -0.39 is 0 Å². The molecule has 0 aliphatic heterocycles. The van der Waals surface area contributed by atoms with Gasteiger partial charge < -0.3 is 10.0 Å². The van der Waals surface area contributed by atoms with E-state index in [9.17, 15) is 0 Å². The molecule has 0 spiro atoms. The fraction of sp³-hybridized carbons (Fsp3) is 1.00. The minimum atomic E-state index is 0.286. The second kappa shape index (κ2) is 9.49. The van der Waals surface area contributed by atoms with E-state index in [1.165, 1.54) is 19.3 Å². The summed E-state index contributed by atoms with van der Waals surface area (Å²) in [5.41, 5.74) is 0. The summed E-state index contributed by atoms with van der Waals surface area (Å²) in [6, 6.07) is 0. The molecule has 0 saturated carbocycles. The van der Waals surface area contributed by atoms with Crippen molar-refractivity contribution in [1.29, 1.82) is 0 Å². The number of halogens is 1. The molecule has 0 fully saturated rings. The van der Waals surface area contributed by atoms with Crippen molar-refractivity contribution in [3.8, 4) is 0 Å². The number of rotatable bonds is 8. The van der Waals surface area contributed by atoms with Crippen LogP contribution in [0.3, 0.4) is 0 Å². The van der Waals surface area contributed by atoms with Gasteiger partial charge in [0, 0.05) is 11.9 Å². The summed E-state index contributed by atoms with van der Waals surface area (Å²) in [6.07, 6.45) is 3.63. The first-order valence-electron chi connectivity index (χ1n) is 4.74. The lowest BCUT2D eigenvalue weighted by atomic mass is 10.3. The average Bonchev–Trinajstić information content (AvgIpc) is 2.06. The fourth-order valence-corrected chi connectivity index (χ4v) is 1.62. The molecule has 0 radical (unpaired) electrons. The molecule has 0 rings (SSSR count). The minimum absolute atomic E-state index is 0.286. The van der Waals surface area contributed by atoms with Crippen molar-refractivity contribution in [2.75, 3.05) is 31.6 Å². The second-order valence-corrected chi connectivity index (χ2v) is 3.75. The van der Waals surface area contributed by atoms with Crippen LogP contribution in [0.1, 0.15) is 26.2 Å². The highest BCUT2D eigenvalue weighted by atomic mass is 79.9. The summed E-state index contributed by atoms with van der Waals surface area (Å²) in [5.74, 6) is 0. The molecule has 0 heterocycles. The van der Waals surface area contributed by atoms with Crippen molar-refractivity contribution in [3.63, 3.8) is 0 Å². The molecule has 0 amide bonds. The normalized spacial score (nSPS) is 11.0. The SMILES string of the molecule is CCCN(CCO)CCCCBr. The Balaban J connectivity index is 3.34. The van der Waals surface area contributed by atoms with Crippen LogP contribution in [0.4, 0.5) is 0 Å². The van der Waals surface area contributed by atoms with Crippen LogP contribution in [0.25, 0.3) is 0 Å². The number of nitrogens with zero attached hydrogens (tertiary/aromatic N) is 1. The summed E-state index contributed by atoms with van der Waals surface area (Å²) < 4.78 is 0. The van der Waals surface area contributed by atoms with E-state index in [1.54, 1.807) is 0 Å². The van der Waals surface area contributed by atoms with E-state index in [0.29, 0.717) is 0 Å². The van der Waals surface area contributed by atoms with E-state index in [1.807, 2.05) is 0 Å². The number of hydrogen-bond acceptors (Lipinski definition) is 2. The van der Waals surface area contributed by atoms with Crippen LogP contribution in [-0.4, -0.2) is 41.6 Å². The van der Waals surface area contributed by atoms with Crippen molar-refractivity contribution in [1.82, 2.24) is 4.90 Å². The molecule has 0 aromatic rings. The van der Waals surface area contributed by atoms with Gasteiger partial charge in [-0.15, -0.1) is 0 Å². The van der Waals surface area contributed by atoms with Crippen LogP contribution >= 0.6 is 15.9 Å². The van der Waals surface area contributed by atoms with Crippen LogP contribution in [0.2, 0.25) is 0 Å². The molecule has 0 aromatic carbocycles. The lowest BCUT2D eigenvalue weighted by Gasteiger charge is -2.19. The molecule has 0 bridgehead atoms. The Labute approximate surface area is 84.1 Å². The molecule has 0 unspecified atom stereocenters. The maximum atomic E-state index is 8.77. The van der Waals surface area contributed by atoms with Gasteiger partial charge in [0.25, 0.3) is 0 Å². The monoisotopic (exact) mass is 237 g/mol. The number of hydrogen-bond donors (Lipinski definition) is 1. The Morgan fingerprint density at radius 3 is 2.42 bits per heavy atom. The van der Waals surface area contributed by atoms with E-state index in [2.05, 4.69) is 27.8 Å². The van der Waals surface area contributed by atoms with E-state index in [-0.39, 0.29) is 6.61 Å². The first kappa shape index (κ1) is 12.4. The van der Waals surface area contributed by atoms with Gasteiger partial charge in [0.1, 0.15) is 0 Å². The summed E-state index contributed by atoms with van der Waals surface area (Å²) in [5, 5.41) is 9.86. The lowest BCUT2D eigenvalue weighted by molar-refractivity contribution is 0.194. The van der Waals surface area contributed by atoms with Gasteiger partial charge in [0.05, 0.1) is 6.61 Å². The summed E-state index contributed by atoms with van der Waals surface area (Å²) in [7, 11) is 0. The Hall–Kier alpha value is 0.400. The van der Waals surface area contributed by atoms with Gasteiger partial charge in [0.15, 0.2) is 0 Å². The average molecular weight is 238 g/mol. The van der Waals surface area contributed by atoms with E-state index in [4.69, 9.17) is 5.11 Å². The standard InChI is InChI=1S/C9H20BrNO/c1-2-6-11(8-9-12)7-4-3-5-10/h12H,2-9H2,1H3. The number of aliphatic hydroxyl groups is 1. The number of aliphatic hydroxyl groups excluding tert-OH is 1. The first-order chi connectivity index (χ1) is 5.85. The zero-order chi connectivity index (χ0) is 9.23. The molecule has 1 N–H and O–H groups in total. The highest BCUT2D eigenvalue weighted by molar-refractivity contribution is 9.09. The minimum Gasteiger partial charge on any atom is -0.395 e. The van der Waals surface area contributed by atoms with Gasteiger partial charge >= 0.3 is 0 Å². The molecule has 12 heavy (non-hydrogen) atoms. The Kier molecular flexibility index (Phi) is 9.80. The van der Waals surface area contributed by atoms with Gasteiger partial charge in [-0.1, -0.05) is 22.9 Å². The Morgan fingerprint density at radius 2 is 1.92 bits per heavy atom. The lowest BCUT2D eigenvalue weighted by Crippen LogP contribution is -2.28. The topological polar surface area (TPSA) is 23.5 Å². The van der Waals surface area contributed by atoms with E-state index in [0.717, 1.165) is 25.0 Å². The number of alkyl halides is 1. The smallest absolute Gasteiger partial charge is 0.0558 e. The molecule has 0 aromatic heterocycles. The Morgan fingerprint density at radius 1 is 1.17 bits per heavy atom. The maximum Gasteiger partial charge on any atom is 0.0558 e. The molecule has 0 atom stereocenters. The van der Waals surface area contributed by atoms with Crippen molar-refractivity contribution in [2.45, 2.75) is 26.2 Å². The van der Waals surface area contributed by atoms with Gasteiger partial charge in [-0.25, -0.2) is 0 Å².